The lowest BCUT2D eigenvalue weighted by atomic mass is 10.1. The summed E-state index contributed by atoms with van der Waals surface area (Å²) in [5.41, 5.74) is 7.42. The summed E-state index contributed by atoms with van der Waals surface area (Å²) >= 11 is 6.18. The minimum absolute atomic E-state index is 0.0484. The van der Waals surface area contributed by atoms with Crippen LogP contribution in [0.15, 0.2) is 72.9 Å². The van der Waals surface area contributed by atoms with E-state index in [1.807, 2.05) is 37.3 Å². The number of aromatic hydroxyl groups is 1. The first kappa shape index (κ1) is 22.2. The summed E-state index contributed by atoms with van der Waals surface area (Å²) < 4.78 is 17.5. The fourth-order valence-electron chi connectivity index (χ4n) is 3.16. The van der Waals surface area contributed by atoms with Crippen molar-refractivity contribution in [1.82, 2.24) is 9.97 Å². The summed E-state index contributed by atoms with van der Waals surface area (Å²) in [6.45, 7) is 2.64. The molecule has 0 aliphatic rings. The fourth-order valence-corrected chi connectivity index (χ4v) is 3.35. The molecule has 7 nitrogen and oxygen atoms in total. The summed E-state index contributed by atoms with van der Waals surface area (Å²) in [7, 11) is 0. The highest BCUT2D eigenvalue weighted by molar-refractivity contribution is 6.31. The van der Waals surface area contributed by atoms with E-state index in [2.05, 4.69) is 9.97 Å². The maximum absolute atomic E-state index is 10.7. The monoisotopic (exact) mass is 463 g/mol. The number of nitrogen functional groups attached to an aromatic ring is 1. The van der Waals surface area contributed by atoms with E-state index < -0.39 is 0 Å². The number of ether oxygens (including phenoxy) is 3. The third-order valence-corrected chi connectivity index (χ3v) is 5.09. The quantitative estimate of drug-likeness (QED) is 0.338. The van der Waals surface area contributed by atoms with Crippen LogP contribution in [0.3, 0.4) is 0 Å². The molecule has 0 atom stereocenters. The van der Waals surface area contributed by atoms with Crippen LogP contribution in [0.1, 0.15) is 12.5 Å². The Balaban J connectivity index is 1.61. The van der Waals surface area contributed by atoms with Gasteiger partial charge < -0.3 is 25.1 Å². The summed E-state index contributed by atoms with van der Waals surface area (Å²) in [4.78, 5) is 8.33. The van der Waals surface area contributed by atoms with Crippen LogP contribution in [0.2, 0.25) is 5.02 Å². The Labute approximate surface area is 196 Å². The van der Waals surface area contributed by atoms with Crippen molar-refractivity contribution in [3.05, 3.63) is 83.5 Å². The van der Waals surface area contributed by atoms with Crippen molar-refractivity contribution in [3.63, 3.8) is 0 Å². The van der Waals surface area contributed by atoms with E-state index in [4.69, 9.17) is 31.5 Å². The molecule has 3 N–H and O–H groups in total. The molecule has 1 heterocycles. The number of hydrogen-bond donors (Lipinski definition) is 2. The molecule has 3 aromatic carbocycles. The zero-order valence-corrected chi connectivity index (χ0v) is 18.6. The Hall–Kier alpha value is -3.97. The normalized spacial score (nSPS) is 10.6. The molecule has 4 aromatic rings. The smallest absolute Gasteiger partial charge is 0.220 e. The van der Waals surface area contributed by atoms with Crippen molar-refractivity contribution in [2.45, 2.75) is 13.5 Å². The van der Waals surface area contributed by atoms with Crippen LogP contribution < -0.4 is 19.9 Å². The van der Waals surface area contributed by atoms with Gasteiger partial charge in [0.2, 0.25) is 5.95 Å². The number of benzene rings is 3. The first-order valence-electron chi connectivity index (χ1n) is 10.3. The van der Waals surface area contributed by atoms with Crippen LogP contribution in [-0.2, 0) is 6.61 Å². The first-order valence-corrected chi connectivity index (χ1v) is 10.6. The molecule has 0 saturated heterocycles. The highest BCUT2D eigenvalue weighted by atomic mass is 35.5. The van der Waals surface area contributed by atoms with Crippen LogP contribution in [0.5, 0.6) is 28.7 Å². The van der Waals surface area contributed by atoms with Gasteiger partial charge in [-0.05, 0) is 37.3 Å². The molecular formula is C25H22ClN3O4. The molecule has 0 radical (unpaired) electrons. The number of rotatable bonds is 8. The molecular weight excluding hydrogens is 442 g/mol. The van der Waals surface area contributed by atoms with E-state index in [1.165, 1.54) is 12.3 Å². The van der Waals surface area contributed by atoms with Gasteiger partial charge in [0.05, 0.1) is 12.8 Å². The van der Waals surface area contributed by atoms with Gasteiger partial charge in [0.15, 0.2) is 17.2 Å². The molecule has 1 aromatic heterocycles. The predicted molar refractivity (Wildman–Crippen MR) is 127 cm³/mol. The number of nitrogens with two attached hydrogens (primary N) is 1. The summed E-state index contributed by atoms with van der Waals surface area (Å²) in [5.74, 6) is 1.86. The molecule has 0 amide bonds. The number of para-hydroxylation sites is 2. The average Bonchev–Trinajstić information content (AvgIpc) is 2.81. The van der Waals surface area contributed by atoms with Gasteiger partial charge in [0, 0.05) is 22.2 Å². The molecule has 0 saturated carbocycles. The van der Waals surface area contributed by atoms with Gasteiger partial charge in [-0.1, -0.05) is 41.9 Å². The molecule has 0 fully saturated rings. The Bertz CT molecular complexity index is 1270. The van der Waals surface area contributed by atoms with Crippen molar-refractivity contribution >= 4 is 17.5 Å². The Morgan fingerprint density at radius 3 is 2.45 bits per heavy atom. The standard InChI is InChI=1S/C25H22ClN3O4/c1-2-31-21-9-5-6-10-22(21)33-23-14-28-25(27)29-24(23)18-12-11-17(13-20(18)30)32-15-16-7-3-4-8-19(16)26/h3-14,30H,2,15H2,1H3,(H2,27,28,29). The zero-order valence-electron chi connectivity index (χ0n) is 17.9. The van der Waals surface area contributed by atoms with E-state index in [9.17, 15) is 5.11 Å². The van der Waals surface area contributed by atoms with Crippen molar-refractivity contribution in [2.75, 3.05) is 12.3 Å². The summed E-state index contributed by atoms with van der Waals surface area (Å²) in [6, 6.07) is 19.6. The van der Waals surface area contributed by atoms with Gasteiger partial charge in [0.25, 0.3) is 0 Å². The topological polar surface area (TPSA) is 99.7 Å². The highest BCUT2D eigenvalue weighted by Crippen LogP contribution is 2.40. The predicted octanol–water partition coefficient (Wildman–Crippen LogP) is 5.85. The SMILES string of the molecule is CCOc1ccccc1Oc1cnc(N)nc1-c1ccc(OCc2ccccc2Cl)cc1O. The van der Waals surface area contributed by atoms with Gasteiger partial charge in [-0.25, -0.2) is 9.97 Å². The molecule has 8 heteroatoms. The van der Waals surface area contributed by atoms with Gasteiger partial charge in [-0.3, -0.25) is 0 Å². The average molecular weight is 464 g/mol. The number of phenolic OH excluding ortho intramolecular Hbond substituents is 1. The molecule has 168 valence electrons. The summed E-state index contributed by atoms with van der Waals surface area (Å²) in [6.07, 6.45) is 1.46. The lowest BCUT2D eigenvalue weighted by Crippen LogP contribution is -2.01. The van der Waals surface area contributed by atoms with Gasteiger partial charge >= 0.3 is 0 Å². The molecule has 0 aliphatic heterocycles. The first-order chi connectivity index (χ1) is 16.0. The molecule has 4 rings (SSSR count). The van der Waals surface area contributed by atoms with E-state index in [0.29, 0.717) is 45.9 Å². The number of nitrogens with zero attached hydrogens (tertiary/aromatic N) is 2. The van der Waals surface area contributed by atoms with Crippen molar-refractivity contribution < 1.29 is 19.3 Å². The number of hydrogen-bond acceptors (Lipinski definition) is 7. The number of halogens is 1. The van der Waals surface area contributed by atoms with E-state index in [1.54, 1.807) is 30.3 Å². The lowest BCUT2D eigenvalue weighted by Gasteiger charge is -2.15. The Kier molecular flexibility index (Phi) is 6.80. The van der Waals surface area contributed by atoms with Crippen LogP contribution in [0.4, 0.5) is 5.95 Å². The molecule has 0 bridgehead atoms. The molecule has 0 spiro atoms. The highest BCUT2D eigenvalue weighted by Gasteiger charge is 2.17. The maximum Gasteiger partial charge on any atom is 0.220 e. The number of aromatic nitrogens is 2. The molecule has 33 heavy (non-hydrogen) atoms. The zero-order chi connectivity index (χ0) is 23.2. The number of anilines is 1. The molecule has 0 aliphatic carbocycles. The minimum Gasteiger partial charge on any atom is -0.507 e. The summed E-state index contributed by atoms with van der Waals surface area (Å²) in [5, 5.41) is 11.3. The van der Waals surface area contributed by atoms with Crippen LogP contribution in [0, 0.1) is 0 Å². The third kappa shape index (κ3) is 5.27. The van der Waals surface area contributed by atoms with Crippen LogP contribution in [0.25, 0.3) is 11.3 Å². The largest absolute Gasteiger partial charge is 0.507 e. The van der Waals surface area contributed by atoms with Crippen LogP contribution in [-0.4, -0.2) is 21.7 Å². The lowest BCUT2D eigenvalue weighted by molar-refractivity contribution is 0.304. The Morgan fingerprint density at radius 2 is 1.70 bits per heavy atom. The van der Waals surface area contributed by atoms with Gasteiger partial charge in [-0.2, -0.15) is 0 Å². The Morgan fingerprint density at radius 1 is 0.939 bits per heavy atom. The van der Waals surface area contributed by atoms with E-state index in [-0.39, 0.29) is 18.3 Å². The molecule has 0 unspecified atom stereocenters. The fraction of sp³-hybridized carbons (Fsp3) is 0.120. The second-order valence-electron chi connectivity index (χ2n) is 6.98. The second kappa shape index (κ2) is 10.1. The second-order valence-corrected chi connectivity index (χ2v) is 7.39. The van der Waals surface area contributed by atoms with Gasteiger partial charge in [0.1, 0.15) is 23.8 Å². The maximum atomic E-state index is 10.7. The number of phenols is 1. The van der Waals surface area contributed by atoms with Crippen molar-refractivity contribution in [1.29, 1.82) is 0 Å². The third-order valence-electron chi connectivity index (χ3n) is 4.72. The van der Waals surface area contributed by atoms with Crippen molar-refractivity contribution in [2.24, 2.45) is 0 Å². The van der Waals surface area contributed by atoms with Crippen LogP contribution >= 0.6 is 11.6 Å². The van der Waals surface area contributed by atoms with E-state index >= 15 is 0 Å². The van der Waals surface area contributed by atoms with Gasteiger partial charge in [-0.15, -0.1) is 0 Å². The van der Waals surface area contributed by atoms with Crippen molar-refractivity contribution in [3.8, 4) is 40.0 Å². The minimum atomic E-state index is -0.0484. The van der Waals surface area contributed by atoms with E-state index in [0.717, 1.165) is 5.56 Å².